The molecule has 0 rings (SSSR count). The van der Waals surface area contributed by atoms with E-state index in [2.05, 4.69) is 142 Å². The van der Waals surface area contributed by atoms with Crippen molar-refractivity contribution in [2.45, 2.75) is 309 Å². The lowest BCUT2D eigenvalue weighted by Gasteiger charge is -2.18. The topological polar surface area (TPSA) is 78.9 Å². The number of carbonyl (C=O) groups excluding carboxylic acids is 3. The van der Waals surface area contributed by atoms with Gasteiger partial charge in [-0.3, -0.25) is 14.4 Å². The molecule has 1 atom stereocenters. The summed E-state index contributed by atoms with van der Waals surface area (Å²) < 4.78 is 16.9. The Balaban J connectivity index is 4.40. The highest BCUT2D eigenvalue weighted by Crippen LogP contribution is 2.15. The average Bonchev–Trinajstić information content (AvgIpc) is 3.45. The highest BCUT2D eigenvalue weighted by atomic mass is 16.6. The Bertz CT molecular complexity index is 1640. The Kier molecular flexibility index (Phi) is 62.8. The lowest BCUT2D eigenvalue weighted by Crippen LogP contribution is -2.30. The van der Waals surface area contributed by atoms with Crippen LogP contribution in [0.4, 0.5) is 0 Å². The summed E-state index contributed by atoms with van der Waals surface area (Å²) in [5, 5.41) is 0. The molecule has 0 amide bonds. The van der Waals surface area contributed by atoms with Crippen LogP contribution in [0.2, 0.25) is 0 Å². The van der Waals surface area contributed by atoms with E-state index in [1.54, 1.807) is 0 Å². The van der Waals surface area contributed by atoms with Gasteiger partial charge in [0.25, 0.3) is 0 Å². The first-order chi connectivity index (χ1) is 39.0. The minimum atomic E-state index is -0.797. The third kappa shape index (κ3) is 64.5. The van der Waals surface area contributed by atoms with Gasteiger partial charge in [0.15, 0.2) is 6.10 Å². The molecule has 0 aliphatic heterocycles. The van der Waals surface area contributed by atoms with E-state index >= 15 is 0 Å². The maximum Gasteiger partial charge on any atom is 0.306 e. The van der Waals surface area contributed by atoms with Gasteiger partial charge < -0.3 is 14.2 Å². The molecule has 450 valence electrons. The van der Waals surface area contributed by atoms with E-state index in [9.17, 15) is 14.4 Å². The van der Waals surface area contributed by atoms with Gasteiger partial charge in [-0.05, 0) is 135 Å². The molecule has 0 spiro atoms. The van der Waals surface area contributed by atoms with Crippen LogP contribution in [-0.4, -0.2) is 37.2 Å². The summed E-state index contributed by atoms with van der Waals surface area (Å²) in [6.45, 7) is 6.49. The number of unbranched alkanes of at least 4 members (excludes halogenated alkanes) is 28. The zero-order valence-electron chi connectivity index (χ0n) is 51.6. The minimum absolute atomic E-state index is 0.0917. The molecule has 0 fully saturated rings. The van der Waals surface area contributed by atoms with E-state index in [4.69, 9.17) is 14.2 Å². The van der Waals surface area contributed by atoms with E-state index in [1.807, 2.05) is 0 Å². The number of hydrogen-bond donors (Lipinski definition) is 0. The normalized spacial score (nSPS) is 12.9. The van der Waals surface area contributed by atoms with E-state index in [1.165, 1.54) is 128 Å². The van der Waals surface area contributed by atoms with Crippen LogP contribution in [0.15, 0.2) is 122 Å². The first kappa shape index (κ1) is 74.8. The SMILES string of the molecule is CC/C=C\C/C=C\C/C=C\C/C=C\C/C=C\C/C=C\CCCCCCCCCCC(=O)OCC(COC(=O)CCCCCCC/C=C\CCCCCCCC)OC(=O)CCCCCCCC/C=C\C/C=C\C/C=C\CCCCC. The average molecular weight is 1100 g/mol. The summed E-state index contributed by atoms with van der Waals surface area (Å²) in [5.41, 5.74) is 0. The van der Waals surface area contributed by atoms with Crippen LogP contribution in [0.3, 0.4) is 0 Å². The Labute approximate surface area is 488 Å². The fraction of sp³-hybridized carbons (Fsp3) is 0.685. The molecule has 6 nitrogen and oxygen atoms in total. The summed E-state index contributed by atoms with van der Waals surface area (Å²) in [7, 11) is 0. The Morgan fingerprint density at radius 2 is 0.494 bits per heavy atom. The molecule has 1 unspecified atom stereocenters. The first-order valence-corrected chi connectivity index (χ1v) is 33.0. The molecule has 0 N–H and O–H groups in total. The van der Waals surface area contributed by atoms with Crippen molar-refractivity contribution in [3.8, 4) is 0 Å². The third-order valence-electron chi connectivity index (χ3n) is 13.9. The van der Waals surface area contributed by atoms with E-state index in [0.29, 0.717) is 19.3 Å². The lowest BCUT2D eigenvalue weighted by molar-refractivity contribution is -0.167. The second kappa shape index (κ2) is 66.3. The molecule has 0 aliphatic rings. The summed E-state index contributed by atoms with van der Waals surface area (Å²) in [5.74, 6) is -0.914. The quantitative estimate of drug-likeness (QED) is 0.0261. The number of esters is 3. The summed E-state index contributed by atoms with van der Waals surface area (Å²) >= 11 is 0. The molecule has 0 aromatic heterocycles. The second-order valence-electron chi connectivity index (χ2n) is 21.6. The maximum absolute atomic E-state index is 12.9. The number of hydrogen-bond acceptors (Lipinski definition) is 6. The van der Waals surface area contributed by atoms with Gasteiger partial charge in [0.2, 0.25) is 0 Å². The molecule has 0 saturated heterocycles. The monoisotopic (exact) mass is 1090 g/mol. The van der Waals surface area contributed by atoms with E-state index < -0.39 is 6.10 Å². The second-order valence-corrected chi connectivity index (χ2v) is 21.6. The van der Waals surface area contributed by atoms with Crippen LogP contribution in [0.25, 0.3) is 0 Å². The Hall–Kier alpha value is -4.19. The van der Waals surface area contributed by atoms with Crippen LogP contribution in [0.1, 0.15) is 303 Å². The Morgan fingerprint density at radius 1 is 0.266 bits per heavy atom. The van der Waals surface area contributed by atoms with Crippen molar-refractivity contribution in [2.75, 3.05) is 13.2 Å². The molecule has 0 bridgehead atoms. The van der Waals surface area contributed by atoms with Gasteiger partial charge in [0, 0.05) is 19.3 Å². The van der Waals surface area contributed by atoms with Crippen molar-refractivity contribution in [2.24, 2.45) is 0 Å². The predicted molar refractivity (Wildman–Crippen MR) is 343 cm³/mol. The molecule has 0 aromatic carbocycles. The van der Waals surface area contributed by atoms with Gasteiger partial charge in [-0.15, -0.1) is 0 Å². The summed E-state index contributed by atoms with van der Waals surface area (Å²) in [4.78, 5) is 38.4. The lowest BCUT2D eigenvalue weighted by atomic mass is 10.1. The van der Waals surface area contributed by atoms with Crippen molar-refractivity contribution in [1.29, 1.82) is 0 Å². The minimum Gasteiger partial charge on any atom is -0.462 e. The largest absolute Gasteiger partial charge is 0.462 e. The standard InChI is InChI=1S/C73H122O6/c1-4-7-10-13-16-19-22-25-28-30-32-33-34-35-36-37-38-39-41-42-45-48-51-54-57-60-63-66-72(75)78-69-70(68-77-71(74)65-62-59-56-53-50-47-44-27-24-21-18-15-12-9-6-3)79-73(76)67-64-61-58-55-52-49-46-43-40-31-29-26-23-20-17-14-11-8-5-2/h7,10,16-17,19-20,25-29,32-33,35-36,38-40,43-44,70H,4-6,8-9,11-15,18,21-24,30-31,34,37,41-42,45-69H2,1-3H3/b10-7-,19-16-,20-17-,28-25-,29-26-,33-32-,36-35-,39-38-,43-40-,44-27-. The maximum atomic E-state index is 12.9. The van der Waals surface area contributed by atoms with Gasteiger partial charge in [0.1, 0.15) is 13.2 Å². The van der Waals surface area contributed by atoms with Gasteiger partial charge in [-0.25, -0.2) is 0 Å². The number of ether oxygens (including phenoxy) is 3. The van der Waals surface area contributed by atoms with Crippen molar-refractivity contribution >= 4 is 17.9 Å². The van der Waals surface area contributed by atoms with Crippen molar-refractivity contribution in [3.63, 3.8) is 0 Å². The summed E-state index contributed by atoms with van der Waals surface area (Å²) in [6.07, 6.45) is 92.0. The van der Waals surface area contributed by atoms with E-state index in [-0.39, 0.29) is 31.1 Å². The van der Waals surface area contributed by atoms with Crippen LogP contribution in [-0.2, 0) is 28.6 Å². The van der Waals surface area contributed by atoms with Gasteiger partial charge in [0.05, 0.1) is 0 Å². The molecule has 6 heteroatoms. The predicted octanol–water partition coefficient (Wildman–Crippen LogP) is 22.8. The fourth-order valence-corrected chi connectivity index (χ4v) is 8.98. The van der Waals surface area contributed by atoms with Crippen LogP contribution in [0.5, 0.6) is 0 Å². The molecule has 0 aromatic rings. The van der Waals surface area contributed by atoms with E-state index in [0.717, 1.165) is 135 Å². The van der Waals surface area contributed by atoms with Crippen LogP contribution < -0.4 is 0 Å². The van der Waals surface area contributed by atoms with Gasteiger partial charge in [-0.1, -0.05) is 271 Å². The molecule has 0 heterocycles. The molecule has 79 heavy (non-hydrogen) atoms. The summed E-state index contributed by atoms with van der Waals surface area (Å²) in [6, 6.07) is 0. The number of allylic oxidation sites excluding steroid dienone is 20. The van der Waals surface area contributed by atoms with Gasteiger partial charge in [-0.2, -0.15) is 0 Å². The highest BCUT2D eigenvalue weighted by molar-refractivity contribution is 5.71. The zero-order chi connectivity index (χ0) is 57.1. The van der Waals surface area contributed by atoms with Crippen molar-refractivity contribution < 1.29 is 28.6 Å². The van der Waals surface area contributed by atoms with Crippen LogP contribution in [0, 0.1) is 0 Å². The van der Waals surface area contributed by atoms with Gasteiger partial charge >= 0.3 is 17.9 Å². The smallest absolute Gasteiger partial charge is 0.306 e. The Morgan fingerprint density at radius 3 is 0.810 bits per heavy atom. The molecule has 0 aliphatic carbocycles. The number of carbonyl (C=O) groups is 3. The molecule has 0 saturated carbocycles. The molecular formula is C73H122O6. The highest BCUT2D eigenvalue weighted by Gasteiger charge is 2.19. The third-order valence-corrected chi connectivity index (χ3v) is 13.9. The number of rotatable bonds is 59. The fourth-order valence-electron chi connectivity index (χ4n) is 8.98. The van der Waals surface area contributed by atoms with Crippen LogP contribution >= 0.6 is 0 Å². The molecule has 0 radical (unpaired) electrons. The zero-order valence-corrected chi connectivity index (χ0v) is 51.6. The van der Waals surface area contributed by atoms with Crippen molar-refractivity contribution in [3.05, 3.63) is 122 Å². The van der Waals surface area contributed by atoms with Crippen molar-refractivity contribution in [1.82, 2.24) is 0 Å². The molecular weight excluding hydrogens is 973 g/mol. The first-order valence-electron chi connectivity index (χ1n) is 33.0.